The first-order valence-corrected chi connectivity index (χ1v) is 9.41. The lowest BCUT2D eigenvalue weighted by Crippen LogP contribution is -2.34. The van der Waals surface area contributed by atoms with Gasteiger partial charge in [0, 0.05) is 25.0 Å². The smallest absolute Gasteiger partial charge is 0.209 e. The molecule has 1 fully saturated rings. The summed E-state index contributed by atoms with van der Waals surface area (Å²) in [4.78, 5) is 22.1. The third kappa shape index (κ3) is 4.57. The van der Waals surface area contributed by atoms with Gasteiger partial charge in [-0.05, 0) is 51.7 Å². The number of aryl methyl sites for hydroxylation is 2. The lowest BCUT2D eigenvalue weighted by molar-refractivity contribution is -0.117. The second-order valence-corrected chi connectivity index (χ2v) is 7.59. The Balaban J connectivity index is 0.000000176. The van der Waals surface area contributed by atoms with Gasteiger partial charge in [0.1, 0.15) is 11.6 Å². The highest BCUT2D eigenvalue weighted by molar-refractivity contribution is 5.74. The van der Waals surface area contributed by atoms with Crippen molar-refractivity contribution in [2.45, 2.75) is 25.8 Å². The molecule has 5 nitrogen and oxygen atoms in total. The van der Waals surface area contributed by atoms with Crippen LogP contribution in [0.2, 0.25) is 0 Å². The van der Waals surface area contributed by atoms with Gasteiger partial charge in [-0.3, -0.25) is 4.79 Å². The Morgan fingerprint density at radius 3 is 2.50 bits per heavy atom. The minimum atomic E-state index is -0.235. The number of fused-ring (bicyclic) bond motifs is 1. The Morgan fingerprint density at radius 2 is 1.86 bits per heavy atom. The van der Waals surface area contributed by atoms with E-state index >= 15 is 0 Å². The molecule has 2 aromatic carbocycles. The first-order valence-electron chi connectivity index (χ1n) is 9.41. The number of aromatic amines is 1. The molecule has 1 N–H and O–H groups in total. The molecule has 2 heterocycles. The van der Waals surface area contributed by atoms with Crippen LogP contribution in [0.25, 0.3) is 11.0 Å². The Morgan fingerprint density at radius 1 is 1.14 bits per heavy atom. The summed E-state index contributed by atoms with van der Waals surface area (Å²) in [5.74, 6) is 1.00. The molecule has 3 aromatic rings. The van der Waals surface area contributed by atoms with E-state index in [4.69, 9.17) is 0 Å². The molecule has 0 aliphatic carbocycles. The Labute approximate surface area is 165 Å². The predicted octanol–water partition coefficient (Wildman–Crippen LogP) is 3.49. The van der Waals surface area contributed by atoms with E-state index in [-0.39, 0.29) is 5.82 Å². The zero-order valence-electron chi connectivity index (χ0n) is 16.8. The fraction of sp³-hybridized carbons (Fsp3) is 0.364. The molecule has 1 saturated heterocycles. The molecular formula is C22H27FN4O. The zero-order chi connectivity index (χ0) is 20.3. The third-order valence-corrected chi connectivity index (χ3v) is 5.20. The lowest BCUT2D eigenvalue weighted by Gasteiger charge is -2.25. The Hall–Kier alpha value is -2.73. The molecule has 0 radical (unpaired) electrons. The molecule has 4 rings (SSSR count). The van der Waals surface area contributed by atoms with Gasteiger partial charge in [-0.25, -0.2) is 9.37 Å². The normalized spacial score (nSPS) is 19.0. The number of carbonyl (C=O) groups is 1. The van der Waals surface area contributed by atoms with Gasteiger partial charge in [0.25, 0.3) is 0 Å². The lowest BCUT2D eigenvalue weighted by atomic mass is 9.93. The quantitative estimate of drug-likeness (QED) is 0.706. The van der Waals surface area contributed by atoms with Crippen molar-refractivity contribution < 1.29 is 9.18 Å². The highest BCUT2D eigenvalue weighted by atomic mass is 19.1. The number of carbonyl (C=O) groups excluding carboxylic acids is 1. The summed E-state index contributed by atoms with van der Waals surface area (Å²) < 4.78 is 12.6. The van der Waals surface area contributed by atoms with Gasteiger partial charge in [0.15, 0.2) is 0 Å². The molecule has 1 aliphatic heterocycles. The van der Waals surface area contributed by atoms with Crippen LogP contribution in [0.15, 0.2) is 42.5 Å². The van der Waals surface area contributed by atoms with Crippen LogP contribution < -0.4 is 0 Å². The Bertz CT molecular complexity index is 935. The van der Waals surface area contributed by atoms with Gasteiger partial charge in [-0.2, -0.15) is 0 Å². The van der Waals surface area contributed by atoms with Crippen LogP contribution in [-0.4, -0.2) is 59.4 Å². The molecule has 0 bridgehead atoms. The van der Waals surface area contributed by atoms with Crippen molar-refractivity contribution in [1.82, 2.24) is 19.8 Å². The number of nitrogens with one attached hydrogen (secondary N) is 1. The van der Waals surface area contributed by atoms with Gasteiger partial charge in [-0.15, -0.1) is 0 Å². The maximum atomic E-state index is 12.6. The number of benzene rings is 2. The standard InChI is InChI=1S/C14H20N2O.C8H7FN2/c1-11-4-6-12(7-5-11)13-8-16(10-17)9-14(13)15(2)3;1-5-10-7-3-2-6(9)4-8(7)11-5/h4-7,10,13-14H,8-9H2,1-3H3;2-4H,1H3,(H,10,11). The summed E-state index contributed by atoms with van der Waals surface area (Å²) in [6.45, 7) is 5.60. The van der Waals surface area contributed by atoms with Crippen LogP contribution in [0.1, 0.15) is 22.9 Å². The summed E-state index contributed by atoms with van der Waals surface area (Å²) >= 11 is 0. The molecule has 1 aliphatic rings. The topological polar surface area (TPSA) is 52.2 Å². The minimum Gasteiger partial charge on any atom is -0.343 e. The van der Waals surface area contributed by atoms with E-state index in [2.05, 4.69) is 60.2 Å². The van der Waals surface area contributed by atoms with Crippen LogP contribution in [0, 0.1) is 19.7 Å². The molecule has 6 heteroatoms. The molecule has 0 saturated carbocycles. The van der Waals surface area contributed by atoms with Gasteiger partial charge in [-0.1, -0.05) is 29.8 Å². The SMILES string of the molecule is Cc1ccc(C2CN(C=O)CC2N(C)C)cc1.Cc1nc2ccc(F)cc2[nH]1. The number of rotatable bonds is 3. The van der Waals surface area contributed by atoms with Crippen LogP contribution in [0.4, 0.5) is 4.39 Å². The highest BCUT2D eigenvalue weighted by Gasteiger charge is 2.34. The van der Waals surface area contributed by atoms with Gasteiger partial charge in [0.2, 0.25) is 6.41 Å². The number of nitrogens with zero attached hydrogens (tertiary/aromatic N) is 3. The van der Waals surface area contributed by atoms with E-state index < -0.39 is 0 Å². The number of amides is 1. The molecule has 2 unspecified atom stereocenters. The van der Waals surface area contributed by atoms with Gasteiger partial charge < -0.3 is 14.8 Å². The summed E-state index contributed by atoms with van der Waals surface area (Å²) in [6, 6.07) is 13.6. The molecule has 28 heavy (non-hydrogen) atoms. The van der Waals surface area contributed by atoms with Crippen LogP contribution >= 0.6 is 0 Å². The van der Waals surface area contributed by atoms with E-state index in [1.807, 2.05) is 11.8 Å². The number of H-pyrrole nitrogens is 1. The van der Waals surface area contributed by atoms with E-state index in [9.17, 15) is 9.18 Å². The van der Waals surface area contributed by atoms with Crippen LogP contribution in [0.3, 0.4) is 0 Å². The van der Waals surface area contributed by atoms with E-state index in [1.54, 1.807) is 6.07 Å². The number of likely N-dealkylation sites (N-methyl/N-ethyl adjacent to an activating group) is 1. The minimum absolute atomic E-state index is 0.235. The van der Waals surface area contributed by atoms with Gasteiger partial charge >= 0.3 is 0 Å². The number of halogens is 1. The number of hydrogen-bond donors (Lipinski definition) is 1. The largest absolute Gasteiger partial charge is 0.343 e. The second kappa shape index (κ2) is 8.52. The summed E-state index contributed by atoms with van der Waals surface area (Å²) in [7, 11) is 4.17. The fourth-order valence-corrected chi connectivity index (χ4v) is 3.68. The van der Waals surface area contributed by atoms with Crippen LogP contribution in [0.5, 0.6) is 0 Å². The second-order valence-electron chi connectivity index (χ2n) is 7.59. The van der Waals surface area contributed by atoms with Crippen LogP contribution in [-0.2, 0) is 4.79 Å². The summed E-state index contributed by atoms with van der Waals surface area (Å²) in [6.07, 6.45) is 0.963. The average molecular weight is 382 g/mol. The van der Waals surface area contributed by atoms with E-state index in [0.717, 1.165) is 36.4 Å². The monoisotopic (exact) mass is 382 g/mol. The summed E-state index contributed by atoms with van der Waals surface area (Å²) in [5, 5.41) is 0. The molecular weight excluding hydrogens is 355 g/mol. The van der Waals surface area contributed by atoms with E-state index in [1.165, 1.54) is 23.3 Å². The highest BCUT2D eigenvalue weighted by Crippen LogP contribution is 2.29. The first kappa shape index (κ1) is 20.0. The molecule has 148 valence electrons. The number of likely N-dealkylation sites (tertiary alicyclic amines) is 1. The first-order chi connectivity index (χ1) is 13.4. The van der Waals surface area contributed by atoms with Crippen molar-refractivity contribution in [1.29, 1.82) is 0 Å². The van der Waals surface area contributed by atoms with Gasteiger partial charge in [0.05, 0.1) is 11.0 Å². The number of imidazole rings is 1. The Kier molecular flexibility index (Phi) is 6.09. The number of hydrogen-bond acceptors (Lipinski definition) is 3. The van der Waals surface area contributed by atoms with Crippen molar-refractivity contribution in [2.24, 2.45) is 0 Å². The van der Waals surface area contributed by atoms with Crippen molar-refractivity contribution >= 4 is 17.4 Å². The van der Waals surface area contributed by atoms with Crippen molar-refractivity contribution in [3.8, 4) is 0 Å². The summed E-state index contributed by atoms with van der Waals surface area (Å²) in [5.41, 5.74) is 4.17. The average Bonchev–Trinajstić information content (AvgIpc) is 3.25. The molecule has 1 amide bonds. The van der Waals surface area contributed by atoms with E-state index in [0.29, 0.717) is 12.0 Å². The molecule has 0 spiro atoms. The maximum Gasteiger partial charge on any atom is 0.209 e. The van der Waals surface area contributed by atoms with Crippen molar-refractivity contribution in [3.05, 3.63) is 65.2 Å². The maximum absolute atomic E-state index is 12.6. The predicted molar refractivity (Wildman–Crippen MR) is 110 cm³/mol. The number of aromatic nitrogens is 2. The van der Waals surface area contributed by atoms with Crippen molar-refractivity contribution in [3.63, 3.8) is 0 Å². The van der Waals surface area contributed by atoms with Crippen molar-refractivity contribution in [2.75, 3.05) is 27.2 Å². The third-order valence-electron chi connectivity index (χ3n) is 5.20. The zero-order valence-corrected chi connectivity index (χ0v) is 16.8. The fourth-order valence-electron chi connectivity index (χ4n) is 3.68. The molecule has 1 aromatic heterocycles. The molecule has 2 atom stereocenters.